The van der Waals surface area contributed by atoms with Gasteiger partial charge in [0, 0.05) is 22.5 Å². The average molecular weight is 376 g/mol. The SMILES string of the molecule is C#Cc1cccc(NC(=O)c2ccc(NS(=O)(=O)c3ccccc3)cc2)c1. The summed E-state index contributed by atoms with van der Waals surface area (Å²) < 4.78 is 27.1. The van der Waals surface area contributed by atoms with Gasteiger partial charge < -0.3 is 5.32 Å². The lowest BCUT2D eigenvalue weighted by Crippen LogP contribution is -2.14. The van der Waals surface area contributed by atoms with Crippen LogP contribution in [0.5, 0.6) is 0 Å². The third-order valence-electron chi connectivity index (χ3n) is 3.74. The van der Waals surface area contributed by atoms with E-state index in [9.17, 15) is 13.2 Å². The van der Waals surface area contributed by atoms with Crippen molar-refractivity contribution in [1.29, 1.82) is 0 Å². The number of terminal acetylenes is 1. The maximum atomic E-state index is 12.3. The number of rotatable bonds is 5. The van der Waals surface area contributed by atoms with E-state index in [-0.39, 0.29) is 10.8 Å². The standard InChI is InChI=1S/C21H16N2O3S/c1-2-16-7-6-8-19(15-16)22-21(24)17-11-13-18(14-12-17)23-27(25,26)20-9-4-3-5-10-20/h1,3-15,23H,(H,22,24). The molecule has 6 heteroatoms. The van der Waals surface area contributed by atoms with Gasteiger partial charge in [-0.1, -0.05) is 30.2 Å². The molecule has 0 heterocycles. The van der Waals surface area contributed by atoms with Crippen molar-refractivity contribution >= 4 is 27.3 Å². The molecule has 0 aliphatic carbocycles. The lowest BCUT2D eigenvalue weighted by Gasteiger charge is -2.09. The van der Waals surface area contributed by atoms with E-state index < -0.39 is 10.0 Å². The number of hydrogen-bond acceptors (Lipinski definition) is 3. The highest BCUT2D eigenvalue weighted by molar-refractivity contribution is 7.92. The van der Waals surface area contributed by atoms with Gasteiger partial charge >= 0.3 is 0 Å². The van der Waals surface area contributed by atoms with Gasteiger partial charge in [-0.05, 0) is 54.6 Å². The van der Waals surface area contributed by atoms with Crippen LogP contribution in [0.25, 0.3) is 0 Å². The molecule has 0 radical (unpaired) electrons. The normalized spacial score (nSPS) is 10.6. The van der Waals surface area contributed by atoms with Gasteiger partial charge in [-0.25, -0.2) is 8.42 Å². The Bertz CT molecular complexity index is 1100. The number of sulfonamides is 1. The largest absolute Gasteiger partial charge is 0.322 e. The smallest absolute Gasteiger partial charge is 0.261 e. The van der Waals surface area contributed by atoms with Crippen molar-refractivity contribution in [2.45, 2.75) is 4.90 Å². The summed E-state index contributed by atoms with van der Waals surface area (Å²) in [6, 6.07) is 21.2. The summed E-state index contributed by atoms with van der Waals surface area (Å²) in [6.45, 7) is 0. The zero-order chi connectivity index (χ0) is 19.3. The van der Waals surface area contributed by atoms with E-state index in [1.54, 1.807) is 54.6 Å². The Morgan fingerprint density at radius 1 is 0.852 bits per heavy atom. The Kier molecular flexibility index (Phi) is 5.25. The molecule has 3 aromatic rings. The van der Waals surface area contributed by atoms with Crippen molar-refractivity contribution in [1.82, 2.24) is 0 Å². The molecule has 0 aliphatic rings. The molecule has 0 saturated heterocycles. The van der Waals surface area contributed by atoms with Gasteiger partial charge in [0.25, 0.3) is 15.9 Å². The van der Waals surface area contributed by atoms with Crippen LogP contribution >= 0.6 is 0 Å². The Morgan fingerprint density at radius 3 is 2.22 bits per heavy atom. The summed E-state index contributed by atoms with van der Waals surface area (Å²) in [5.41, 5.74) is 2.01. The van der Waals surface area contributed by atoms with Crippen LogP contribution in [0.15, 0.2) is 83.8 Å². The van der Waals surface area contributed by atoms with Crippen LogP contribution < -0.4 is 10.0 Å². The van der Waals surface area contributed by atoms with Crippen LogP contribution in [-0.4, -0.2) is 14.3 Å². The highest BCUT2D eigenvalue weighted by Gasteiger charge is 2.14. The van der Waals surface area contributed by atoms with Crippen molar-refractivity contribution < 1.29 is 13.2 Å². The molecule has 0 aromatic heterocycles. The van der Waals surface area contributed by atoms with Gasteiger partial charge in [-0.3, -0.25) is 9.52 Å². The molecule has 3 aromatic carbocycles. The van der Waals surface area contributed by atoms with Crippen LogP contribution in [0, 0.1) is 12.3 Å². The molecular formula is C21H16N2O3S. The fraction of sp³-hybridized carbons (Fsp3) is 0. The third kappa shape index (κ3) is 4.54. The van der Waals surface area contributed by atoms with Crippen molar-refractivity contribution in [2.75, 3.05) is 10.0 Å². The van der Waals surface area contributed by atoms with Gasteiger partial charge in [-0.15, -0.1) is 6.42 Å². The maximum absolute atomic E-state index is 12.3. The summed E-state index contributed by atoms with van der Waals surface area (Å²) in [7, 11) is -3.67. The van der Waals surface area contributed by atoms with E-state index in [0.29, 0.717) is 22.5 Å². The molecule has 0 bridgehead atoms. The van der Waals surface area contributed by atoms with E-state index in [1.165, 1.54) is 24.3 Å². The maximum Gasteiger partial charge on any atom is 0.261 e. The lowest BCUT2D eigenvalue weighted by atomic mass is 10.1. The minimum absolute atomic E-state index is 0.167. The first-order valence-corrected chi connectivity index (χ1v) is 9.52. The van der Waals surface area contributed by atoms with E-state index >= 15 is 0 Å². The predicted octanol–water partition coefficient (Wildman–Crippen LogP) is 3.72. The van der Waals surface area contributed by atoms with Crippen LogP contribution in [0.3, 0.4) is 0 Å². The molecule has 1 amide bonds. The van der Waals surface area contributed by atoms with Crippen molar-refractivity contribution in [3.05, 3.63) is 90.0 Å². The summed E-state index contributed by atoms with van der Waals surface area (Å²) in [5, 5.41) is 2.75. The first-order chi connectivity index (χ1) is 13.0. The zero-order valence-electron chi connectivity index (χ0n) is 14.2. The second-order valence-corrected chi connectivity index (χ2v) is 7.36. The number of amides is 1. The molecule has 0 fully saturated rings. The van der Waals surface area contributed by atoms with E-state index in [0.717, 1.165) is 0 Å². The number of nitrogens with one attached hydrogen (secondary N) is 2. The Hall–Kier alpha value is -3.56. The van der Waals surface area contributed by atoms with Crippen molar-refractivity contribution in [3.63, 3.8) is 0 Å². The molecule has 2 N–H and O–H groups in total. The quantitative estimate of drug-likeness (QED) is 0.667. The number of carbonyl (C=O) groups excluding carboxylic acids is 1. The second kappa shape index (κ2) is 7.77. The van der Waals surface area contributed by atoms with Gasteiger partial charge in [0.1, 0.15) is 0 Å². The minimum atomic E-state index is -3.67. The van der Waals surface area contributed by atoms with E-state index in [1.807, 2.05) is 0 Å². The molecule has 134 valence electrons. The summed E-state index contributed by atoms with van der Waals surface area (Å²) >= 11 is 0. The molecule has 0 unspecified atom stereocenters. The summed E-state index contributed by atoms with van der Waals surface area (Å²) in [6.07, 6.45) is 5.35. The van der Waals surface area contributed by atoms with Crippen molar-refractivity contribution in [3.8, 4) is 12.3 Å². The molecule has 0 aliphatic heterocycles. The van der Waals surface area contributed by atoms with Crippen LogP contribution in [0.1, 0.15) is 15.9 Å². The van der Waals surface area contributed by atoms with E-state index in [2.05, 4.69) is 16.0 Å². The fourth-order valence-electron chi connectivity index (χ4n) is 2.39. The van der Waals surface area contributed by atoms with Gasteiger partial charge in [0.15, 0.2) is 0 Å². The number of hydrogen-bond donors (Lipinski definition) is 2. The molecule has 3 rings (SSSR count). The fourth-order valence-corrected chi connectivity index (χ4v) is 3.47. The van der Waals surface area contributed by atoms with Gasteiger partial charge in [0.2, 0.25) is 0 Å². The number of benzene rings is 3. The molecule has 0 spiro atoms. The van der Waals surface area contributed by atoms with E-state index in [4.69, 9.17) is 6.42 Å². The monoisotopic (exact) mass is 376 g/mol. The minimum Gasteiger partial charge on any atom is -0.322 e. The first kappa shape index (κ1) is 18.2. The molecule has 27 heavy (non-hydrogen) atoms. The second-order valence-electron chi connectivity index (χ2n) is 5.68. The molecule has 0 saturated carbocycles. The highest BCUT2D eigenvalue weighted by atomic mass is 32.2. The lowest BCUT2D eigenvalue weighted by molar-refractivity contribution is 0.102. The Balaban J connectivity index is 1.71. The number of carbonyl (C=O) groups is 1. The topological polar surface area (TPSA) is 75.3 Å². The molecular weight excluding hydrogens is 360 g/mol. The van der Waals surface area contributed by atoms with Crippen LogP contribution in [0.2, 0.25) is 0 Å². The summed E-state index contributed by atoms with van der Waals surface area (Å²) in [4.78, 5) is 12.5. The summed E-state index contributed by atoms with van der Waals surface area (Å²) in [5.74, 6) is 2.19. The van der Waals surface area contributed by atoms with Crippen molar-refractivity contribution in [2.24, 2.45) is 0 Å². The Labute approximate surface area is 158 Å². The first-order valence-electron chi connectivity index (χ1n) is 8.04. The molecule has 5 nitrogen and oxygen atoms in total. The van der Waals surface area contributed by atoms with Gasteiger partial charge in [0.05, 0.1) is 4.90 Å². The predicted molar refractivity (Wildman–Crippen MR) is 106 cm³/mol. The number of anilines is 2. The van der Waals surface area contributed by atoms with Crippen LogP contribution in [-0.2, 0) is 10.0 Å². The molecule has 0 atom stereocenters. The Morgan fingerprint density at radius 2 is 1.56 bits per heavy atom. The van der Waals surface area contributed by atoms with Gasteiger partial charge in [-0.2, -0.15) is 0 Å². The zero-order valence-corrected chi connectivity index (χ0v) is 15.0. The van der Waals surface area contributed by atoms with Crippen LogP contribution in [0.4, 0.5) is 11.4 Å². The average Bonchev–Trinajstić information content (AvgIpc) is 2.69. The highest BCUT2D eigenvalue weighted by Crippen LogP contribution is 2.17. The third-order valence-corrected chi connectivity index (χ3v) is 5.14.